The van der Waals surface area contributed by atoms with Gasteiger partial charge in [0, 0.05) is 30.8 Å². The fourth-order valence-corrected chi connectivity index (χ4v) is 4.01. The Labute approximate surface area is 220 Å². The highest BCUT2D eigenvalue weighted by molar-refractivity contribution is 5.90. The van der Waals surface area contributed by atoms with Gasteiger partial charge < -0.3 is 19.7 Å². The number of hydrazone groups is 1. The standard InChI is InChI=1S/C26H31FN6O5/c1-17(34)28-13-20-14-33(25(36)37-20)19-6-7-21(22(27)11-19)18-5-8-23(29-12-18)31-9-10-32(30-16-31)15-24(35)38-26(2,3)4/h5-8,11-12,16,20H,9-10,13-15H2,1-4H3,(H,28,34)/t20-/m0/s1. The van der Waals surface area contributed by atoms with Crippen molar-refractivity contribution in [1.82, 2.24) is 15.3 Å². The molecule has 1 aromatic carbocycles. The second kappa shape index (κ2) is 11.0. The molecule has 0 aliphatic carbocycles. The maximum Gasteiger partial charge on any atom is 0.414 e. The number of hydrogen-bond acceptors (Lipinski definition) is 9. The molecule has 202 valence electrons. The molecule has 3 heterocycles. The van der Waals surface area contributed by atoms with E-state index < -0.39 is 23.6 Å². The van der Waals surface area contributed by atoms with Crippen LogP contribution in [0.1, 0.15) is 27.7 Å². The van der Waals surface area contributed by atoms with Crippen LogP contribution in [-0.4, -0.2) is 78.7 Å². The third-order valence-corrected chi connectivity index (χ3v) is 5.76. The van der Waals surface area contributed by atoms with Crippen molar-refractivity contribution in [3.05, 3.63) is 42.3 Å². The number of halogens is 1. The van der Waals surface area contributed by atoms with Crippen molar-refractivity contribution in [2.45, 2.75) is 39.4 Å². The van der Waals surface area contributed by atoms with Gasteiger partial charge in [-0.15, -0.1) is 0 Å². The van der Waals surface area contributed by atoms with Crippen molar-refractivity contribution in [2.24, 2.45) is 5.10 Å². The predicted molar refractivity (Wildman–Crippen MR) is 139 cm³/mol. The monoisotopic (exact) mass is 526 g/mol. The Kier molecular flexibility index (Phi) is 7.79. The van der Waals surface area contributed by atoms with Gasteiger partial charge >= 0.3 is 12.1 Å². The topological polar surface area (TPSA) is 117 Å². The van der Waals surface area contributed by atoms with Crippen molar-refractivity contribution < 1.29 is 28.2 Å². The number of hydrogen-bond donors (Lipinski definition) is 1. The summed E-state index contributed by atoms with van der Waals surface area (Å²) in [6.45, 7) is 8.38. The molecule has 2 aliphatic rings. The van der Waals surface area contributed by atoms with Crippen LogP contribution in [0, 0.1) is 5.82 Å². The molecule has 1 fully saturated rings. The Bertz CT molecular complexity index is 1230. The van der Waals surface area contributed by atoms with E-state index in [2.05, 4.69) is 15.4 Å². The summed E-state index contributed by atoms with van der Waals surface area (Å²) in [4.78, 5) is 43.0. The van der Waals surface area contributed by atoms with Crippen LogP contribution in [0.2, 0.25) is 0 Å². The largest absolute Gasteiger partial charge is 0.459 e. The van der Waals surface area contributed by atoms with Crippen LogP contribution in [0.3, 0.4) is 0 Å². The molecule has 0 saturated carbocycles. The molecule has 4 rings (SSSR count). The van der Waals surface area contributed by atoms with Gasteiger partial charge in [-0.1, -0.05) is 0 Å². The number of rotatable bonds is 7. The van der Waals surface area contributed by atoms with Crippen LogP contribution in [0.15, 0.2) is 41.6 Å². The van der Waals surface area contributed by atoms with Crippen molar-refractivity contribution in [3.63, 3.8) is 0 Å². The van der Waals surface area contributed by atoms with Crippen LogP contribution in [0.25, 0.3) is 11.1 Å². The highest BCUT2D eigenvalue weighted by Crippen LogP contribution is 2.29. The second-order valence-corrected chi connectivity index (χ2v) is 10.0. The van der Waals surface area contributed by atoms with Crippen molar-refractivity contribution in [3.8, 4) is 11.1 Å². The van der Waals surface area contributed by atoms with E-state index in [0.717, 1.165) is 0 Å². The molecule has 2 aromatic rings. The summed E-state index contributed by atoms with van der Waals surface area (Å²) in [5.74, 6) is -0.434. The quantitative estimate of drug-likeness (QED) is 0.548. The zero-order chi connectivity index (χ0) is 27.4. The number of carbonyl (C=O) groups is 3. The highest BCUT2D eigenvalue weighted by Gasteiger charge is 2.32. The molecule has 1 atom stereocenters. The Morgan fingerprint density at radius 2 is 2.00 bits per heavy atom. The summed E-state index contributed by atoms with van der Waals surface area (Å²) in [7, 11) is 0. The van der Waals surface area contributed by atoms with Crippen molar-refractivity contribution >= 4 is 35.8 Å². The minimum Gasteiger partial charge on any atom is -0.459 e. The lowest BCUT2D eigenvalue weighted by atomic mass is 10.1. The van der Waals surface area contributed by atoms with Gasteiger partial charge in [-0.3, -0.25) is 19.5 Å². The van der Waals surface area contributed by atoms with E-state index in [-0.39, 0.29) is 31.5 Å². The van der Waals surface area contributed by atoms with E-state index in [1.54, 1.807) is 41.8 Å². The number of nitrogens with one attached hydrogen (secondary N) is 1. The van der Waals surface area contributed by atoms with E-state index in [4.69, 9.17) is 9.47 Å². The molecular weight excluding hydrogens is 495 g/mol. The zero-order valence-corrected chi connectivity index (χ0v) is 21.8. The van der Waals surface area contributed by atoms with Crippen molar-refractivity contribution in [1.29, 1.82) is 0 Å². The lowest BCUT2D eigenvalue weighted by molar-refractivity contribution is -0.156. The molecule has 12 heteroatoms. The molecular formula is C26H31FN6O5. The highest BCUT2D eigenvalue weighted by atomic mass is 19.1. The first-order valence-electron chi connectivity index (χ1n) is 12.2. The smallest absolute Gasteiger partial charge is 0.414 e. The molecule has 38 heavy (non-hydrogen) atoms. The SMILES string of the molecule is CC(=O)NC[C@H]1CN(c2ccc(-c3ccc(N4C=NN(CC(=O)OC(C)(C)C)CC4)nc3)c(F)c2)C(=O)O1. The summed E-state index contributed by atoms with van der Waals surface area (Å²) in [5.41, 5.74) is 0.731. The first kappa shape index (κ1) is 26.8. The second-order valence-electron chi connectivity index (χ2n) is 10.0. The lowest BCUT2D eigenvalue weighted by Crippen LogP contribution is -2.41. The van der Waals surface area contributed by atoms with Gasteiger partial charge in [0.2, 0.25) is 5.91 Å². The van der Waals surface area contributed by atoms with Gasteiger partial charge in [-0.05, 0) is 51.1 Å². The number of cyclic esters (lactones) is 1. The van der Waals surface area contributed by atoms with Gasteiger partial charge in [-0.25, -0.2) is 14.2 Å². The molecule has 0 bridgehead atoms. The molecule has 0 unspecified atom stereocenters. The van der Waals surface area contributed by atoms with E-state index >= 15 is 4.39 Å². The number of aromatic nitrogens is 1. The van der Waals surface area contributed by atoms with Gasteiger partial charge in [0.25, 0.3) is 0 Å². The van der Waals surface area contributed by atoms with Crippen molar-refractivity contribution in [2.75, 3.05) is 42.5 Å². The average molecular weight is 527 g/mol. The maximum atomic E-state index is 15.0. The fourth-order valence-electron chi connectivity index (χ4n) is 4.01. The summed E-state index contributed by atoms with van der Waals surface area (Å²) in [5, 5.41) is 8.54. The maximum absolute atomic E-state index is 15.0. The molecule has 1 N–H and O–H groups in total. The van der Waals surface area contributed by atoms with E-state index in [0.29, 0.717) is 35.7 Å². The summed E-state index contributed by atoms with van der Waals surface area (Å²) < 4.78 is 25.6. The average Bonchev–Trinajstić information content (AvgIpc) is 3.22. The lowest BCUT2D eigenvalue weighted by Gasteiger charge is -2.29. The summed E-state index contributed by atoms with van der Waals surface area (Å²) >= 11 is 0. The Morgan fingerprint density at radius 3 is 2.61 bits per heavy atom. The number of nitrogens with zero attached hydrogens (tertiary/aromatic N) is 5. The van der Waals surface area contributed by atoms with Gasteiger partial charge in [0.05, 0.1) is 25.3 Å². The number of anilines is 2. The predicted octanol–water partition coefficient (Wildman–Crippen LogP) is 2.76. The number of benzene rings is 1. The zero-order valence-electron chi connectivity index (χ0n) is 21.8. The Balaban J connectivity index is 1.37. The minimum atomic E-state index is -0.591. The molecule has 0 spiro atoms. The first-order valence-corrected chi connectivity index (χ1v) is 12.2. The summed E-state index contributed by atoms with van der Waals surface area (Å²) in [6.07, 6.45) is 2.07. The van der Waals surface area contributed by atoms with Crippen LogP contribution in [-0.2, 0) is 19.1 Å². The first-order chi connectivity index (χ1) is 18.0. The van der Waals surface area contributed by atoms with Gasteiger partial charge in [0.1, 0.15) is 36.2 Å². The fraction of sp³-hybridized carbons (Fsp3) is 0.423. The van der Waals surface area contributed by atoms with Crippen LogP contribution in [0.5, 0.6) is 0 Å². The Hall–Kier alpha value is -4.22. The van der Waals surface area contributed by atoms with E-state index in [9.17, 15) is 14.4 Å². The van der Waals surface area contributed by atoms with Crippen LogP contribution < -0.4 is 15.1 Å². The van der Waals surface area contributed by atoms with Crippen LogP contribution in [0.4, 0.5) is 20.7 Å². The van der Waals surface area contributed by atoms with Gasteiger partial charge in [-0.2, -0.15) is 5.10 Å². The molecule has 2 amide bonds. The number of ether oxygens (including phenoxy) is 2. The number of pyridine rings is 1. The number of amides is 2. The molecule has 0 radical (unpaired) electrons. The van der Waals surface area contributed by atoms with Gasteiger partial charge in [0.15, 0.2) is 0 Å². The molecule has 1 aromatic heterocycles. The Morgan fingerprint density at radius 1 is 1.21 bits per heavy atom. The third kappa shape index (κ3) is 6.75. The molecule has 11 nitrogen and oxygen atoms in total. The van der Waals surface area contributed by atoms with Crippen LogP contribution >= 0.6 is 0 Å². The third-order valence-electron chi connectivity index (χ3n) is 5.76. The van der Waals surface area contributed by atoms with E-state index in [1.807, 2.05) is 25.7 Å². The molecule has 2 aliphatic heterocycles. The normalized spacial score (nSPS) is 17.4. The van der Waals surface area contributed by atoms with E-state index in [1.165, 1.54) is 17.9 Å². The minimum absolute atomic E-state index is 0.0638. The number of carbonyl (C=O) groups excluding carboxylic acids is 3. The summed E-state index contributed by atoms with van der Waals surface area (Å²) in [6, 6.07) is 8.04. The number of esters is 1. The molecule has 1 saturated heterocycles.